The first-order valence-electron chi connectivity index (χ1n) is 5.97. The summed E-state index contributed by atoms with van der Waals surface area (Å²) in [6, 6.07) is 6.84. The van der Waals surface area contributed by atoms with Gasteiger partial charge in [-0.3, -0.25) is 4.79 Å². The van der Waals surface area contributed by atoms with Crippen molar-refractivity contribution in [2.24, 2.45) is 5.73 Å². The third-order valence-corrected chi connectivity index (χ3v) is 2.55. The van der Waals surface area contributed by atoms with Gasteiger partial charge in [0.1, 0.15) is 6.42 Å². The van der Waals surface area contributed by atoms with E-state index >= 15 is 0 Å². The number of anilines is 1. The summed E-state index contributed by atoms with van der Waals surface area (Å²) >= 11 is 0. The van der Waals surface area contributed by atoms with Gasteiger partial charge in [-0.25, -0.2) is 0 Å². The first kappa shape index (κ1) is 15.5. The molecule has 106 valence electrons. The zero-order chi connectivity index (χ0) is 14.5. The predicted octanol–water partition coefficient (Wildman–Crippen LogP) is 2.63. The normalized spacial score (nSPS) is 11.4. The lowest BCUT2D eigenvalue weighted by molar-refractivity contribution is -0.151. The smallest absolute Gasteiger partial charge is 0.330 e. The highest BCUT2D eigenvalue weighted by Gasteiger charge is 2.33. The van der Waals surface area contributed by atoms with E-state index in [-0.39, 0.29) is 6.54 Å². The van der Waals surface area contributed by atoms with Crippen LogP contribution in [0.3, 0.4) is 0 Å². The van der Waals surface area contributed by atoms with Crippen molar-refractivity contribution >= 4 is 11.6 Å². The van der Waals surface area contributed by atoms with Crippen LogP contribution in [0.5, 0.6) is 0 Å². The van der Waals surface area contributed by atoms with E-state index in [1.54, 1.807) is 18.2 Å². The number of hydrogen-bond donors (Lipinski definition) is 1. The molecule has 1 aromatic rings. The van der Waals surface area contributed by atoms with Crippen LogP contribution in [0.15, 0.2) is 24.3 Å². The Bertz CT molecular complexity index is 432. The van der Waals surface area contributed by atoms with Gasteiger partial charge in [0.25, 0.3) is 0 Å². The molecule has 19 heavy (non-hydrogen) atoms. The number of nitrogens with two attached hydrogens (primary N) is 1. The average Bonchev–Trinajstić information content (AvgIpc) is 2.27. The van der Waals surface area contributed by atoms with Gasteiger partial charge in [0, 0.05) is 12.2 Å². The molecular weight excluding hydrogens is 257 g/mol. The van der Waals surface area contributed by atoms with E-state index in [9.17, 15) is 18.0 Å². The fourth-order valence-corrected chi connectivity index (χ4v) is 1.71. The van der Waals surface area contributed by atoms with Gasteiger partial charge in [-0.1, -0.05) is 12.1 Å². The van der Waals surface area contributed by atoms with Crippen LogP contribution >= 0.6 is 0 Å². The van der Waals surface area contributed by atoms with Crippen molar-refractivity contribution in [3.8, 4) is 0 Å². The molecule has 1 rings (SSSR count). The molecule has 0 fully saturated rings. The van der Waals surface area contributed by atoms with Gasteiger partial charge < -0.3 is 10.6 Å². The maximum atomic E-state index is 12.3. The van der Waals surface area contributed by atoms with Gasteiger partial charge in [-0.05, 0) is 37.6 Å². The van der Waals surface area contributed by atoms with E-state index in [1.807, 2.05) is 13.0 Å². The quantitative estimate of drug-likeness (QED) is 0.897. The molecule has 0 heterocycles. The molecule has 0 unspecified atom stereocenters. The zero-order valence-corrected chi connectivity index (χ0v) is 10.7. The molecule has 0 bridgehead atoms. The van der Waals surface area contributed by atoms with E-state index in [4.69, 9.17) is 5.73 Å². The molecule has 0 radical (unpaired) electrons. The summed E-state index contributed by atoms with van der Waals surface area (Å²) in [6.07, 6.45) is -5.50. The van der Waals surface area contributed by atoms with E-state index in [1.165, 1.54) is 0 Å². The van der Waals surface area contributed by atoms with E-state index in [0.29, 0.717) is 18.7 Å². The molecule has 0 aromatic heterocycles. The fourth-order valence-electron chi connectivity index (χ4n) is 1.71. The number of aryl methyl sites for hydroxylation is 1. The third kappa shape index (κ3) is 5.30. The maximum absolute atomic E-state index is 12.3. The standard InChI is InChI=1S/C13H17F3N2O/c1-10-4-2-5-11(8-10)18(7-3-6-17)12(19)9-13(14,15)16/h2,4-5,8H,3,6-7,9,17H2,1H3. The van der Waals surface area contributed by atoms with Crippen LogP contribution in [0.25, 0.3) is 0 Å². The highest BCUT2D eigenvalue weighted by atomic mass is 19.4. The van der Waals surface area contributed by atoms with Gasteiger partial charge in [-0.2, -0.15) is 13.2 Å². The molecule has 0 saturated heterocycles. The van der Waals surface area contributed by atoms with Crippen molar-refractivity contribution in [2.75, 3.05) is 18.0 Å². The Balaban J connectivity index is 2.91. The Morgan fingerprint density at radius 3 is 2.58 bits per heavy atom. The first-order valence-corrected chi connectivity index (χ1v) is 5.97. The van der Waals surface area contributed by atoms with Crippen molar-refractivity contribution in [3.05, 3.63) is 29.8 Å². The minimum absolute atomic E-state index is 0.189. The van der Waals surface area contributed by atoms with Crippen LogP contribution in [0.4, 0.5) is 18.9 Å². The molecule has 0 spiro atoms. The summed E-state index contributed by atoms with van der Waals surface area (Å²) in [5.41, 5.74) is 6.71. The number of nitrogens with zero attached hydrogens (tertiary/aromatic N) is 1. The summed E-state index contributed by atoms with van der Waals surface area (Å²) < 4.78 is 36.9. The second kappa shape index (κ2) is 6.56. The number of hydrogen-bond acceptors (Lipinski definition) is 2. The molecule has 0 atom stereocenters. The highest BCUT2D eigenvalue weighted by molar-refractivity contribution is 5.93. The van der Waals surface area contributed by atoms with Crippen molar-refractivity contribution in [3.63, 3.8) is 0 Å². The molecule has 1 aromatic carbocycles. The Hall–Kier alpha value is -1.56. The summed E-state index contributed by atoms with van der Waals surface area (Å²) in [5, 5.41) is 0. The van der Waals surface area contributed by atoms with Crippen molar-refractivity contribution in [1.29, 1.82) is 0 Å². The largest absolute Gasteiger partial charge is 0.397 e. The van der Waals surface area contributed by atoms with E-state index in [2.05, 4.69) is 0 Å². The highest BCUT2D eigenvalue weighted by Crippen LogP contribution is 2.24. The Morgan fingerprint density at radius 2 is 2.05 bits per heavy atom. The number of carbonyl (C=O) groups is 1. The molecule has 0 aliphatic carbocycles. The number of alkyl halides is 3. The summed E-state index contributed by atoms with van der Waals surface area (Å²) in [6.45, 7) is 2.33. The molecule has 0 saturated carbocycles. The first-order chi connectivity index (χ1) is 8.83. The Morgan fingerprint density at radius 1 is 1.37 bits per heavy atom. The van der Waals surface area contributed by atoms with Crippen LogP contribution in [0.2, 0.25) is 0 Å². The number of amides is 1. The average molecular weight is 274 g/mol. The number of carbonyl (C=O) groups excluding carboxylic acids is 1. The Labute approximate surface area is 110 Å². The number of halogens is 3. The summed E-state index contributed by atoms with van der Waals surface area (Å²) in [4.78, 5) is 12.9. The predicted molar refractivity (Wildman–Crippen MR) is 67.9 cm³/mol. The van der Waals surface area contributed by atoms with Gasteiger partial charge in [0.15, 0.2) is 0 Å². The van der Waals surface area contributed by atoms with Gasteiger partial charge in [0.2, 0.25) is 5.91 Å². The number of benzene rings is 1. The molecule has 1 amide bonds. The minimum Gasteiger partial charge on any atom is -0.330 e. The number of rotatable bonds is 5. The summed E-state index contributed by atoms with van der Waals surface area (Å²) in [7, 11) is 0. The molecule has 3 nitrogen and oxygen atoms in total. The zero-order valence-electron chi connectivity index (χ0n) is 10.7. The Kier molecular flexibility index (Phi) is 5.35. The second-order valence-electron chi connectivity index (χ2n) is 4.32. The second-order valence-corrected chi connectivity index (χ2v) is 4.32. The van der Waals surface area contributed by atoms with Crippen molar-refractivity contribution < 1.29 is 18.0 Å². The van der Waals surface area contributed by atoms with Crippen molar-refractivity contribution in [2.45, 2.75) is 25.9 Å². The van der Waals surface area contributed by atoms with Gasteiger partial charge in [0.05, 0.1) is 0 Å². The van der Waals surface area contributed by atoms with Crippen molar-refractivity contribution in [1.82, 2.24) is 0 Å². The third-order valence-electron chi connectivity index (χ3n) is 2.55. The molecule has 0 aliphatic rings. The van der Waals surface area contributed by atoms with Crippen LogP contribution in [0.1, 0.15) is 18.4 Å². The van der Waals surface area contributed by atoms with E-state index < -0.39 is 18.5 Å². The van der Waals surface area contributed by atoms with Crippen LogP contribution < -0.4 is 10.6 Å². The SMILES string of the molecule is Cc1cccc(N(CCCN)C(=O)CC(F)(F)F)c1. The molecular formula is C13H17F3N2O. The van der Waals surface area contributed by atoms with E-state index in [0.717, 1.165) is 10.5 Å². The lowest BCUT2D eigenvalue weighted by Gasteiger charge is -2.23. The monoisotopic (exact) mass is 274 g/mol. The maximum Gasteiger partial charge on any atom is 0.397 e. The lowest BCUT2D eigenvalue weighted by Crippen LogP contribution is -2.35. The minimum atomic E-state index is -4.50. The van der Waals surface area contributed by atoms with Crippen LogP contribution in [0, 0.1) is 6.92 Å². The van der Waals surface area contributed by atoms with Gasteiger partial charge >= 0.3 is 6.18 Å². The van der Waals surface area contributed by atoms with Crippen LogP contribution in [-0.2, 0) is 4.79 Å². The lowest BCUT2D eigenvalue weighted by atomic mass is 10.2. The topological polar surface area (TPSA) is 46.3 Å². The fraction of sp³-hybridized carbons (Fsp3) is 0.462. The van der Waals surface area contributed by atoms with Gasteiger partial charge in [-0.15, -0.1) is 0 Å². The molecule has 2 N–H and O–H groups in total. The van der Waals surface area contributed by atoms with Crippen LogP contribution in [-0.4, -0.2) is 25.2 Å². The summed E-state index contributed by atoms with van der Waals surface area (Å²) in [5.74, 6) is -0.952. The molecule has 0 aliphatic heterocycles. The molecule has 6 heteroatoms.